The van der Waals surface area contributed by atoms with E-state index in [4.69, 9.17) is 17.3 Å². The van der Waals surface area contributed by atoms with Crippen molar-refractivity contribution in [2.75, 3.05) is 0 Å². The summed E-state index contributed by atoms with van der Waals surface area (Å²) in [6, 6.07) is 5.45. The first-order valence-electron chi connectivity index (χ1n) is 7.72. The van der Waals surface area contributed by atoms with Crippen molar-refractivity contribution < 1.29 is 17.9 Å². The number of aromatic nitrogens is 2. The number of nitrogens with zero attached hydrogens (tertiary/aromatic N) is 2. The van der Waals surface area contributed by atoms with Gasteiger partial charge in [0.25, 0.3) is 0 Å². The Bertz CT molecular complexity index is 1010. The predicted octanol–water partition coefficient (Wildman–Crippen LogP) is 5.03. The number of imidazole rings is 1. The number of pyridine rings is 1. The predicted molar refractivity (Wildman–Crippen MR) is 94.3 cm³/mol. The van der Waals surface area contributed by atoms with Crippen LogP contribution in [0.4, 0.5) is 13.2 Å². The number of nitrogens with two attached hydrogens (primary N) is 1. The number of hydrogen-bond acceptors (Lipinski definition) is 3. The van der Waals surface area contributed by atoms with Gasteiger partial charge in [0.1, 0.15) is 17.2 Å². The van der Waals surface area contributed by atoms with E-state index in [1.807, 2.05) is 0 Å². The topological polar surface area (TPSA) is 52.5 Å². The number of rotatable bonds is 3. The van der Waals surface area contributed by atoms with E-state index in [2.05, 4.69) is 25.7 Å². The number of alkyl halides is 2. The van der Waals surface area contributed by atoms with E-state index >= 15 is 0 Å². The van der Waals surface area contributed by atoms with Crippen LogP contribution in [0.5, 0.6) is 5.75 Å². The SMILES string of the molecule is N[C@@H]1C[C@H](c2c(Cl)cccc2OC(F)F)c2c1nc1cc(F)c(Br)cn21. The van der Waals surface area contributed by atoms with E-state index in [1.54, 1.807) is 22.7 Å². The van der Waals surface area contributed by atoms with E-state index < -0.39 is 24.4 Å². The van der Waals surface area contributed by atoms with E-state index in [-0.39, 0.29) is 10.2 Å². The molecule has 9 heteroatoms. The molecule has 4 rings (SSSR count). The van der Waals surface area contributed by atoms with Gasteiger partial charge in [-0.15, -0.1) is 0 Å². The second-order valence-electron chi connectivity index (χ2n) is 6.00. The Morgan fingerprint density at radius 1 is 1.38 bits per heavy atom. The highest BCUT2D eigenvalue weighted by atomic mass is 79.9. The van der Waals surface area contributed by atoms with Gasteiger partial charge in [0.15, 0.2) is 0 Å². The van der Waals surface area contributed by atoms with Crippen LogP contribution in [-0.4, -0.2) is 16.0 Å². The molecule has 0 amide bonds. The summed E-state index contributed by atoms with van der Waals surface area (Å²) in [7, 11) is 0. The molecular weight excluding hydrogens is 435 g/mol. The molecule has 2 aromatic heterocycles. The average Bonchev–Trinajstić information content (AvgIpc) is 3.06. The maximum atomic E-state index is 13.8. The lowest BCUT2D eigenvalue weighted by Crippen LogP contribution is -2.10. The van der Waals surface area contributed by atoms with Gasteiger partial charge in [0.2, 0.25) is 0 Å². The third kappa shape index (κ3) is 2.76. The van der Waals surface area contributed by atoms with Gasteiger partial charge in [0.05, 0.1) is 15.9 Å². The molecule has 2 atom stereocenters. The maximum Gasteiger partial charge on any atom is 0.387 e. The van der Waals surface area contributed by atoms with Crippen LogP contribution in [-0.2, 0) is 0 Å². The molecule has 4 nitrogen and oxygen atoms in total. The van der Waals surface area contributed by atoms with E-state index in [0.29, 0.717) is 34.0 Å². The standard InChI is InChI=1S/C17H12BrClF3N3O/c18-8-6-25-13(5-10(8)20)24-15-11(23)4-7(16(15)25)14-9(19)2-1-3-12(14)26-17(21)22/h1-3,5-7,11,17H,4,23H2/t7-,11-/m1/s1. The van der Waals surface area contributed by atoms with Crippen LogP contribution in [0.1, 0.15) is 35.3 Å². The van der Waals surface area contributed by atoms with Crippen LogP contribution in [0.25, 0.3) is 5.65 Å². The highest BCUT2D eigenvalue weighted by Crippen LogP contribution is 2.48. The Morgan fingerprint density at radius 2 is 2.15 bits per heavy atom. The summed E-state index contributed by atoms with van der Waals surface area (Å²) in [6.45, 7) is -2.98. The number of halogens is 5. The first kappa shape index (κ1) is 17.6. The molecule has 136 valence electrons. The maximum absolute atomic E-state index is 13.8. The highest BCUT2D eigenvalue weighted by molar-refractivity contribution is 9.10. The molecule has 0 aliphatic heterocycles. The van der Waals surface area contributed by atoms with Crippen molar-refractivity contribution in [1.82, 2.24) is 9.38 Å². The minimum atomic E-state index is -2.98. The molecule has 2 N–H and O–H groups in total. The molecule has 0 spiro atoms. The summed E-state index contributed by atoms with van der Waals surface area (Å²) in [4.78, 5) is 4.42. The second-order valence-corrected chi connectivity index (χ2v) is 7.27. The van der Waals surface area contributed by atoms with Crippen molar-refractivity contribution in [3.8, 4) is 5.75 Å². The first-order chi connectivity index (χ1) is 12.4. The van der Waals surface area contributed by atoms with Crippen LogP contribution in [0, 0.1) is 5.82 Å². The summed E-state index contributed by atoms with van der Waals surface area (Å²) in [5.74, 6) is -0.866. The fourth-order valence-electron chi connectivity index (χ4n) is 3.48. The van der Waals surface area contributed by atoms with Crippen molar-refractivity contribution in [3.63, 3.8) is 0 Å². The summed E-state index contributed by atoms with van der Waals surface area (Å²) < 4.78 is 46.1. The third-order valence-electron chi connectivity index (χ3n) is 4.48. The molecule has 0 saturated carbocycles. The normalized spacial score (nSPS) is 19.3. The van der Waals surface area contributed by atoms with Crippen LogP contribution < -0.4 is 10.5 Å². The van der Waals surface area contributed by atoms with Crippen LogP contribution >= 0.6 is 27.5 Å². The van der Waals surface area contributed by atoms with Crippen molar-refractivity contribution in [2.24, 2.45) is 5.73 Å². The third-order valence-corrected chi connectivity index (χ3v) is 5.39. The minimum absolute atomic E-state index is 0.00585. The largest absolute Gasteiger partial charge is 0.434 e. The fraction of sp³-hybridized carbons (Fsp3) is 0.235. The summed E-state index contributed by atoms with van der Waals surface area (Å²) in [5, 5.41) is 0.296. The van der Waals surface area contributed by atoms with Crippen LogP contribution in [0.2, 0.25) is 5.02 Å². The zero-order valence-corrected chi connectivity index (χ0v) is 15.4. The average molecular weight is 447 g/mol. The molecule has 2 heterocycles. The van der Waals surface area contributed by atoms with Gasteiger partial charge < -0.3 is 14.9 Å². The monoisotopic (exact) mass is 445 g/mol. The molecule has 0 bridgehead atoms. The van der Waals surface area contributed by atoms with E-state index in [0.717, 1.165) is 0 Å². The highest BCUT2D eigenvalue weighted by Gasteiger charge is 2.37. The molecule has 0 unspecified atom stereocenters. The Hall–Kier alpha value is -1.77. The first-order valence-corrected chi connectivity index (χ1v) is 8.89. The van der Waals surface area contributed by atoms with Gasteiger partial charge in [0, 0.05) is 34.8 Å². The smallest absolute Gasteiger partial charge is 0.387 e. The van der Waals surface area contributed by atoms with Gasteiger partial charge in [-0.1, -0.05) is 17.7 Å². The Kier molecular flexibility index (Phi) is 4.37. The molecular formula is C17H12BrClF3N3O. The number of fused-ring (bicyclic) bond motifs is 3. The van der Waals surface area contributed by atoms with Gasteiger partial charge in [-0.25, -0.2) is 9.37 Å². The molecule has 0 radical (unpaired) electrons. The molecule has 0 saturated heterocycles. The van der Waals surface area contributed by atoms with Crippen molar-refractivity contribution in [1.29, 1.82) is 0 Å². The zero-order chi connectivity index (χ0) is 18.6. The summed E-state index contributed by atoms with van der Waals surface area (Å²) >= 11 is 9.47. The van der Waals surface area contributed by atoms with Gasteiger partial charge in [-0.2, -0.15) is 8.78 Å². The summed E-state index contributed by atoms with van der Waals surface area (Å²) in [6.07, 6.45) is 1.98. The molecule has 1 aliphatic carbocycles. The lowest BCUT2D eigenvalue weighted by Gasteiger charge is -2.19. The molecule has 0 fully saturated rings. The summed E-state index contributed by atoms with van der Waals surface area (Å²) in [5.41, 5.74) is 8.30. The molecule has 26 heavy (non-hydrogen) atoms. The Labute approximate surface area is 159 Å². The quantitative estimate of drug-likeness (QED) is 0.614. The molecule has 3 aromatic rings. The van der Waals surface area contributed by atoms with E-state index in [9.17, 15) is 13.2 Å². The number of benzene rings is 1. The minimum Gasteiger partial charge on any atom is -0.434 e. The van der Waals surface area contributed by atoms with Crippen molar-refractivity contribution >= 4 is 33.2 Å². The fourth-order valence-corrected chi connectivity index (χ4v) is 4.10. The second kappa shape index (κ2) is 6.44. The van der Waals surface area contributed by atoms with Gasteiger partial charge in [-0.05, 0) is 34.5 Å². The van der Waals surface area contributed by atoms with Crippen LogP contribution in [0.3, 0.4) is 0 Å². The van der Waals surface area contributed by atoms with Gasteiger partial charge >= 0.3 is 6.61 Å². The van der Waals surface area contributed by atoms with Crippen molar-refractivity contribution in [2.45, 2.75) is 25.0 Å². The molecule has 1 aliphatic rings. The Morgan fingerprint density at radius 3 is 2.88 bits per heavy atom. The number of hydrogen-bond donors (Lipinski definition) is 1. The van der Waals surface area contributed by atoms with Gasteiger partial charge in [-0.3, -0.25) is 0 Å². The van der Waals surface area contributed by atoms with Crippen molar-refractivity contribution in [3.05, 3.63) is 62.7 Å². The molecule has 1 aromatic carbocycles. The lowest BCUT2D eigenvalue weighted by molar-refractivity contribution is -0.0505. The Balaban J connectivity index is 1.94. The van der Waals surface area contributed by atoms with Crippen LogP contribution in [0.15, 0.2) is 34.9 Å². The number of ether oxygens (including phenoxy) is 1. The van der Waals surface area contributed by atoms with E-state index in [1.165, 1.54) is 12.1 Å². The lowest BCUT2D eigenvalue weighted by atomic mass is 9.95. The zero-order valence-electron chi connectivity index (χ0n) is 13.1.